The smallest absolute Gasteiger partial charge is 0.414 e. The Kier molecular flexibility index (Phi) is 5.32. The molecular formula is C13H17NO4. The molecule has 18 heavy (non-hydrogen) atoms. The van der Waals surface area contributed by atoms with Gasteiger partial charge in [-0.3, -0.25) is 0 Å². The summed E-state index contributed by atoms with van der Waals surface area (Å²) in [7, 11) is 0. The monoisotopic (exact) mass is 251 g/mol. The van der Waals surface area contributed by atoms with Crippen LogP contribution < -0.4 is 5.73 Å². The van der Waals surface area contributed by atoms with Gasteiger partial charge in [0.25, 0.3) is 0 Å². The second-order valence-corrected chi connectivity index (χ2v) is 4.13. The Hall–Kier alpha value is -1.88. The lowest BCUT2D eigenvalue weighted by atomic mass is 9.83. The largest absolute Gasteiger partial charge is 0.473 e. The van der Waals surface area contributed by atoms with Gasteiger partial charge in [0.15, 0.2) is 0 Å². The predicted molar refractivity (Wildman–Crippen MR) is 66.4 cm³/mol. The number of hydrogen-bond donors (Lipinski definition) is 3. The molecule has 0 aliphatic heterocycles. The van der Waals surface area contributed by atoms with Gasteiger partial charge in [-0.1, -0.05) is 24.3 Å². The summed E-state index contributed by atoms with van der Waals surface area (Å²) in [6.07, 6.45) is 3.82. The molecule has 1 atom stereocenters. The fourth-order valence-electron chi connectivity index (χ4n) is 2.10. The number of fused-ring (bicyclic) bond motifs is 1. The summed E-state index contributed by atoms with van der Waals surface area (Å²) in [4.78, 5) is 18.2. The molecular weight excluding hydrogens is 234 g/mol. The highest BCUT2D eigenvalue weighted by Crippen LogP contribution is 2.30. The van der Waals surface area contributed by atoms with E-state index in [1.165, 1.54) is 30.4 Å². The van der Waals surface area contributed by atoms with Crippen molar-refractivity contribution in [2.24, 2.45) is 5.73 Å². The van der Waals surface area contributed by atoms with Gasteiger partial charge in [-0.05, 0) is 42.9 Å². The molecule has 0 amide bonds. The number of aryl methyl sites for hydroxylation is 1. The topological polar surface area (TPSA) is 101 Å². The van der Waals surface area contributed by atoms with Crippen LogP contribution in [-0.2, 0) is 16.0 Å². The molecule has 98 valence electrons. The second kappa shape index (κ2) is 6.76. The molecule has 1 unspecified atom stereocenters. The normalized spacial score (nSPS) is 17.1. The quantitative estimate of drug-likeness (QED) is 0.651. The highest BCUT2D eigenvalue weighted by molar-refractivity contribution is 6.27. The van der Waals surface area contributed by atoms with Crippen molar-refractivity contribution in [3.05, 3.63) is 35.4 Å². The number of nitrogens with two attached hydrogens (primary N) is 1. The SMILES string of the molecule is NCC1CCCc2ccccc21.O=C(O)C(=O)O. The lowest BCUT2D eigenvalue weighted by Crippen LogP contribution is -2.17. The van der Waals surface area contributed by atoms with Crippen LogP contribution in [0.5, 0.6) is 0 Å². The van der Waals surface area contributed by atoms with Gasteiger partial charge in [0.1, 0.15) is 0 Å². The van der Waals surface area contributed by atoms with E-state index in [1.54, 1.807) is 0 Å². The number of carboxylic acids is 2. The molecule has 1 aliphatic carbocycles. The van der Waals surface area contributed by atoms with Gasteiger partial charge in [0.05, 0.1) is 0 Å². The molecule has 5 heteroatoms. The van der Waals surface area contributed by atoms with Gasteiger partial charge >= 0.3 is 11.9 Å². The summed E-state index contributed by atoms with van der Waals surface area (Å²) in [5.41, 5.74) is 8.72. The zero-order chi connectivity index (χ0) is 13.5. The summed E-state index contributed by atoms with van der Waals surface area (Å²) in [6, 6.07) is 8.70. The van der Waals surface area contributed by atoms with E-state index in [1.807, 2.05) is 0 Å². The molecule has 0 spiro atoms. The minimum Gasteiger partial charge on any atom is -0.473 e. The van der Waals surface area contributed by atoms with E-state index in [0.717, 1.165) is 6.54 Å². The molecule has 2 rings (SSSR count). The third-order valence-electron chi connectivity index (χ3n) is 2.96. The molecule has 0 saturated carbocycles. The maximum atomic E-state index is 9.10. The van der Waals surface area contributed by atoms with Crippen molar-refractivity contribution >= 4 is 11.9 Å². The van der Waals surface area contributed by atoms with Gasteiger partial charge in [-0.2, -0.15) is 0 Å². The van der Waals surface area contributed by atoms with Gasteiger partial charge in [0.2, 0.25) is 0 Å². The molecule has 5 nitrogen and oxygen atoms in total. The van der Waals surface area contributed by atoms with Crippen LogP contribution in [0.15, 0.2) is 24.3 Å². The minimum atomic E-state index is -1.82. The van der Waals surface area contributed by atoms with E-state index >= 15 is 0 Å². The van der Waals surface area contributed by atoms with Crippen molar-refractivity contribution in [3.63, 3.8) is 0 Å². The van der Waals surface area contributed by atoms with Crippen LogP contribution in [0.25, 0.3) is 0 Å². The van der Waals surface area contributed by atoms with Gasteiger partial charge in [-0.15, -0.1) is 0 Å². The van der Waals surface area contributed by atoms with E-state index in [0.29, 0.717) is 5.92 Å². The van der Waals surface area contributed by atoms with Crippen LogP contribution in [-0.4, -0.2) is 28.7 Å². The number of carbonyl (C=O) groups is 2. The lowest BCUT2D eigenvalue weighted by Gasteiger charge is -2.23. The van der Waals surface area contributed by atoms with Crippen LogP contribution in [0.2, 0.25) is 0 Å². The zero-order valence-electron chi connectivity index (χ0n) is 10.0. The maximum Gasteiger partial charge on any atom is 0.414 e. The predicted octanol–water partition coefficient (Wildman–Crippen LogP) is 1.22. The molecule has 1 aromatic rings. The summed E-state index contributed by atoms with van der Waals surface area (Å²) in [6.45, 7) is 0.803. The lowest BCUT2D eigenvalue weighted by molar-refractivity contribution is -0.159. The van der Waals surface area contributed by atoms with Crippen molar-refractivity contribution in [2.75, 3.05) is 6.54 Å². The van der Waals surface area contributed by atoms with Crippen molar-refractivity contribution in [1.29, 1.82) is 0 Å². The fourth-order valence-corrected chi connectivity index (χ4v) is 2.10. The molecule has 0 heterocycles. The Balaban J connectivity index is 0.000000232. The van der Waals surface area contributed by atoms with E-state index in [4.69, 9.17) is 25.5 Å². The number of rotatable bonds is 1. The molecule has 0 fully saturated rings. The average Bonchev–Trinajstić information content (AvgIpc) is 2.38. The molecule has 0 aromatic heterocycles. The second-order valence-electron chi connectivity index (χ2n) is 4.13. The molecule has 1 aliphatic rings. The van der Waals surface area contributed by atoms with Crippen molar-refractivity contribution in [2.45, 2.75) is 25.2 Å². The van der Waals surface area contributed by atoms with Crippen LogP contribution in [0.4, 0.5) is 0 Å². The van der Waals surface area contributed by atoms with E-state index in [9.17, 15) is 0 Å². The molecule has 1 aromatic carbocycles. The number of aliphatic carboxylic acids is 2. The summed E-state index contributed by atoms with van der Waals surface area (Å²) >= 11 is 0. The minimum absolute atomic E-state index is 0.620. The van der Waals surface area contributed by atoms with Crippen LogP contribution >= 0.6 is 0 Å². The Labute approximate surface area is 105 Å². The molecule has 4 N–H and O–H groups in total. The van der Waals surface area contributed by atoms with Gasteiger partial charge in [-0.25, -0.2) is 9.59 Å². The summed E-state index contributed by atoms with van der Waals surface area (Å²) < 4.78 is 0. The van der Waals surface area contributed by atoms with E-state index in [2.05, 4.69) is 24.3 Å². The molecule has 0 radical (unpaired) electrons. The maximum absolute atomic E-state index is 9.10. The molecule has 0 saturated heterocycles. The Bertz CT molecular complexity index is 419. The third kappa shape index (κ3) is 3.85. The van der Waals surface area contributed by atoms with Crippen LogP contribution in [0, 0.1) is 0 Å². The van der Waals surface area contributed by atoms with Crippen molar-refractivity contribution < 1.29 is 19.8 Å². The Morgan fingerprint density at radius 3 is 2.39 bits per heavy atom. The first-order chi connectivity index (χ1) is 8.56. The van der Waals surface area contributed by atoms with Crippen molar-refractivity contribution in [1.82, 2.24) is 0 Å². The first kappa shape index (κ1) is 14.2. The molecule has 0 bridgehead atoms. The summed E-state index contributed by atoms with van der Waals surface area (Å²) in [5.74, 6) is -3.03. The van der Waals surface area contributed by atoms with Gasteiger partial charge in [0, 0.05) is 0 Å². The number of benzene rings is 1. The summed E-state index contributed by atoms with van der Waals surface area (Å²) in [5, 5.41) is 14.8. The van der Waals surface area contributed by atoms with Crippen LogP contribution in [0.1, 0.15) is 29.9 Å². The zero-order valence-corrected chi connectivity index (χ0v) is 10.0. The Morgan fingerprint density at radius 2 is 1.83 bits per heavy atom. The van der Waals surface area contributed by atoms with E-state index < -0.39 is 11.9 Å². The standard InChI is InChI=1S/C11H15N.C2H2O4/c12-8-10-6-3-5-9-4-1-2-7-11(9)10;3-1(4)2(5)6/h1-2,4,7,10H,3,5-6,8,12H2;(H,3,4)(H,5,6). The van der Waals surface area contributed by atoms with E-state index in [-0.39, 0.29) is 0 Å². The third-order valence-corrected chi connectivity index (χ3v) is 2.96. The average molecular weight is 251 g/mol. The fraction of sp³-hybridized carbons (Fsp3) is 0.385. The first-order valence-electron chi connectivity index (χ1n) is 5.80. The highest BCUT2D eigenvalue weighted by atomic mass is 16.4. The van der Waals surface area contributed by atoms with Gasteiger partial charge < -0.3 is 15.9 Å². The highest BCUT2D eigenvalue weighted by Gasteiger charge is 2.17. The Morgan fingerprint density at radius 1 is 1.22 bits per heavy atom. The van der Waals surface area contributed by atoms with Crippen molar-refractivity contribution in [3.8, 4) is 0 Å². The first-order valence-corrected chi connectivity index (χ1v) is 5.80. The number of carboxylic acid groups (broad SMARTS) is 2. The number of hydrogen-bond acceptors (Lipinski definition) is 3. The van der Waals surface area contributed by atoms with Crippen LogP contribution in [0.3, 0.4) is 0 Å².